The van der Waals surface area contributed by atoms with Gasteiger partial charge in [0.2, 0.25) is 0 Å². The lowest BCUT2D eigenvalue weighted by Crippen LogP contribution is -2.39. The van der Waals surface area contributed by atoms with E-state index in [1.54, 1.807) is 0 Å². The molecule has 1 saturated carbocycles. The van der Waals surface area contributed by atoms with Crippen LogP contribution in [0.2, 0.25) is 0 Å². The molecule has 1 aromatic rings. The number of benzene rings is 1. The van der Waals surface area contributed by atoms with Crippen LogP contribution in [0.25, 0.3) is 0 Å². The maximum absolute atomic E-state index is 11.5. The first kappa shape index (κ1) is 12.3. The Morgan fingerprint density at radius 2 is 1.94 bits per heavy atom. The van der Waals surface area contributed by atoms with Crippen LogP contribution in [-0.2, 0) is 4.74 Å². The highest BCUT2D eigenvalue weighted by Gasteiger charge is 2.36. The number of hydrogen-bond acceptors (Lipinski definition) is 5. The van der Waals surface area contributed by atoms with E-state index in [9.17, 15) is 14.9 Å². The molecule has 1 aromatic carbocycles. The third-order valence-electron chi connectivity index (χ3n) is 2.99. The standard InChI is InChI=1S/C12H13NO5/c1-12(7-2-8-12)18-11(14)17-10-5-3-9(4-6-10)13(15)16/h3-6H,2,7-8H2,1H3. The molecule has 1 fully saturated rings. The van der Waals surface area contributed by atoms with Gasteiger partial charge >= 0.3 is 6.16 Å². The Morgan fingerprint density at radius 3 is 2.39 bits per heavy atom. The molecule has 18 heavy (non-hydrogen) atoms. The second-order valence-electron chi connectivity index (χ2n) is 4.51. The Balaban J connectivity index is 1.92. The zero-order valence-electron chi connectivity index (χ0n) is 9.92. The molecule has 0 bridgehead atoms. The first-order valence-electron chi connectivity index (χ1n) is 5.64. The summed E-state index contributed by atoms with van der Waals surface area (Å²) in [6.45, 7) is 1.85. The summed E-state index contributed by atoms with van der Waals surface area (Å²) >= 11 is 0. The van der Waals surface area contributed by atoms with Gasteiger partial charge in [0.1, 0.15) is 11.4 Å². The Morgan fingerprint density at radius 1 is 1.33 bits per heavy atom. The summed E-state index contributed by atoms with van der Waals surface area (Å²) in [5.41, 5.74) is -0.473. The predicted molar refractivity (Wildman–Crippen MR) is 62.5 cm³/mol. The van der Waals surface area contributed by atoms with E-state index < -0.39 is 16.7 Å². The number of nitro groups is 1. The third kappa shape index (κ3) is 2.77. The fourth-order valence-electron chi connectivity index (χ4n) is 1.73. The maximum Gasteiger partial charge on any atom is 0.514 e. The maximum atomic E-state index is 11.5. The van der Waals surface area contributed by atoms with Gasteiger partial charge in [0, 0.05) is 12.1 Å². The first-order chi connectivity index (χ1) is 8.48. The smallest absolute Gasteiger partial charge is 0.428 e. The van der Waals surface area contributed by atoms with Gasteiger partial charge in [-0.3, -0.25) is 10.1 Å². The molecule has 2 rings (SSSR count). The number of rotatable bonds is 3. The summed E-state index contributed by atoms with van der Waals surface area (Å²) in [4.78, 5) is 21.4. The van der Waals surface area contributed by atoms with E-state index in [-0.39, 0.29) is 11.4 Å². The largest absolute Gasteiger partial charge is 0.514 e. The molecule has 0 aliphatic heterocycles. The molecule has 96 valence electrons. The third-order valence-corrected chi connectivity index (χ3v) is 2.99. The molecule has 0 aromatic heterocycles. The van der Waals surface area contributed by atoms with E-state index in [2.05, 4.69) is 0 Å². The highest BCUT2D eigenvalue weighted by atomic mass is 16.7. The second kappa shape index (κ2) is 4.64. The van der Waals surface area contributed by atoms with Crippen LogP contribution in [0.1, 0.15) is 26.2 Å². The van der Waals surface area contributed by atoms with Gasteiger partial charge in [-0.1, -0.05) is 0 Å². The van der Waals surface area contributed by atoms with Gasteiger partial charge < -0.3 is 9.47 Å². The van der Waals surface area contributed by atoms with Crippen LogP contribution in [0.4, 0.5) is 10.5 Å². The van der Waals surface area contributed by atoms with Crippen LogP contribution in [-0.4, -0.2) is 16.7 Å². The Kier molecular flexibility index (Phi) is 3.18. The zero-order chi connectivity index (χ0) is 13.2. The minimum atomic E-state index is -0.772. The molecular formula is C12H13NO5. The molecular weight excluding hydrogens is 238 g/mol. The molecule has 0 spiro atoms. The summed E-state index contributed by atoms with van der Waals surface area (Å²) < 4.78 is 10.1. The van der Waals surface area contributed by atoms with Crippen molar-refractivity contribution in [2.75, 3.05) is 0 Å². The summed E-state index contributed by atoms with van der Waals surface area (Å²) in [7, 11) is 0. The number of non-ortho nitro benzene ring substituents is 1. The normalized spacial score (nSPS) is 16.5. The van der Waals surface area contributed by atoms with Crippen molar-refractivity contribution < 1.29 is 19.2 Å². The number of nitrogens with zero attached hydrogens (tertiary/aromatic N) is 1. The first-order valence-corrected chi connectivity index (χ1v) is 5.64. The fraction of sp³-hybridized carbons (Fsp3) is 0.417. The van der Waals surface area contributed by atoms with E-state index in [4.69, 9.17) is 9.47 Å². The van der Waals surface area contributed by atoms with Crippen molar-refractivity contribution in [2.45, 2.75) is 31.8 Å². The lowest BCUT2D eigenvalue weighted by molar-refractivity contribution is -0.384. The van der Waals surface area contributed by atoms with Crippen molar-refractivity contribution in [3.05, 3.63) is 34.4 Å². The van der Waals surface area contributed by atoms with E-state index in [0.29, 0.717) is 0 Å². The quantitative estimate of drug-likeness (QED) is 0.357. The van der Waals surface area contributed by atoms with Crippen molar-refractivity contribution in [1.82, 2.24) is 0 Å². The zero-order valence-corrected chi connectivity index (χ0v) is 9.92. The molecule has 1 aliphatic carbocycles. The summed E-state index contributed by atoms with van der Waals surface area (Å²) in [6.07, 6.45) is 1.94. The fourth-order valence-corrected chi connectivity index (χ4v) is 1.73. The van der Waals surface area contributed by atoms with Gasteiger partial charge in [0.25, 0.3) is 5.69 Å². The monoisotopic (exact) mass is 251 g/mol. The molecule has 0 amide bonds. The van der Waals surface area contributed by atoms with E-state index >= 15 is 0 Å². The van der Waals surface area contributed by atoms with E-state index in [1.807, 2.05) is 6.92 Å². The number of carbonyl (C=O) groups is 1. The van der Waals surface area contributed by atoms with Crippen molar-refractivity contribution in [3.8, 4) is 5.75 Å². The van der Waals surface area contributed by atoms with Gasteiger partial charge in [-0.15, -0.1) is 0 Å². The molecule has 6 heteroatoms. The van der Waals surface area contributed by atoms with Crippen LogP contribution >= 0.6 is 0 Å². The van der Waals surface area contributed by atoms with E-state index in [0.717, 1.165) is 19.3 Å². The van der Waals surface area contributed by atoms with Crippen LogP contribution < -0.4 is 4.74 Å². The second-order valence-corrected chi connectivity index (χ2v) is 4.51. The summed E-state index contributed by atoms with van der Waals surface area (Å²) in [5, 5.41) is 10.4. The molecule has 0 radical (unpaired) electrons. The minimum absolute atomic E-state index is 0.0540. The molecule has 0 heterocycles. The average molecular weight is 251 g/mol. The highest BCUT2D eigenvalue weighted by molar-refractivity contribution is 5.64. The molecule has 6 nitrogen and oxygen atoms in total. The van der Waals surface area contributed by atoms with Gasteiger partial charge in [0.15, 0.2) is 0 Å². The van der Waals surface area contributed by atoms with Crippen molar-refractivity contribution in [1.29, 1.82) is 0 Å². The molecule has 0 saturated heterocycles. The molecule has 0 unspecified atom stereocenters. The van der Waals surface area contributed by atoms with Crippen LogP contribution in [0, 0.1) is 10.1 Å². The number of carbonyl (C=O) groups excluding carboxylic acids is 1. The number of nitro benzene ring substituents is 1. The summed E-state index contributed by atoms with van der Waals surface area (Å²) in [5.74, 6) is 0.230. The predicted octanol–water partition coefficient (Wildman–Crippen LogP) is 3.05. The van der Waals surface area contributed by atoms with Gasteiger partial charge in [-0.2, -0.15) is 0 Å². The van der Waals surface area contributed by atoms with Gasteiger partial charge in [0.05, 0.1) is 4.92 Å². The number of hydrogen-bond donors (Lipinski definition) is 0. The molecule has 0 N–H and O–H groups in total. The number of ether oxygens (including phenoxy) is 2. The van der Waals surface area contributed by atoms with Crippen molar-refractivity contribution in [3.63, 3.8) is 0 Å². The summed E-state index contributed by atoms with van der Waals surface area (Å²) in [6, 6.07) is 5.27. The average Bonchev–Trinajstić information content (AvgIpc) is 2.27. The minimum Gasteiger partial charge on any atom is -0.428 e. The molecule has 1 aliphatic rings. The van der Waals surface area contributed by atoms with E-state index in [1.165, 1.54) is 24.3 Å². The Hall–Kier alpha value is -2.11. The van der Waals surface area contributed by atoms with Crippen LogP contribution in [0.15, 0.2) is 24.3 Å². The lowest BCUT2D eigenvalue weighted by atomic mass is 9.82. The highest BCUT2D eigenvalue weighted by Crippen LogP contribution is 2.35. The Labute approximate surface area is 104 Å². The van der Waals surface area contributed by atoms with Crippen LogP contribution in [0.3, 0.4) is 0 Å². The van der Waals surface area contributed by atoms with Crippen LogP contribution in [0.5, 0.6) is 5.75 Å². The lowest BCUT2D eigenvalue weighted by Gasteiger charge is -2.36. The SMILES string of the molecule is CC1(OC(=O)Oc2ccc([N+](=O)[O-])cc2)CCC1. The topological polar surface area (TPSA) is 78.7 Å². The van der Waals surface area contributed by atoms with Gasteiger partial charge in [-0.25, -0.2) is 4.79 Å². The Bertz CT molecular complexity index is 464. The van der Waals surface area contributed by atoms with Crippen molar-refractivity contribution >= 4 is 11.8 Å². The van der Waals surface area contributed by atoms with Crippen molar-refractivity contribution in [2.24, 2.45) is 0 Å². The van der Waals surface area contributed by atoms with Gasteiger partial charge in [-0.05, 0) is 38.3 Å². The molecule has 0 atom stereocenters.